The number of furan rings is 1. The number of hydroxylamine groups is 1. The molecule has 0 bridgehead atoms. The molecule has 0 amide bonds. The molecular weight excluding hydrogens is 182 g/mol. The molecule has 0 fully saturated rings. The number of nitrogens with zero attached hydrogens (tertiary/aromatic N) is 1. The molecule has 3 N–H and O–H groups in total. The average Bonchev–Trinajstić information content (AvgIpc) is 2.74. The van der Waals surface area contributed by atoms with E-state index in [1.165, 1.54) is 0 Å². The second kappa shape index (κ2) is 3.65. The van der Waals surface area contributed by atoms with Gasteiger partial charge in [0.05, 0.1) is 6.20 Å². The highest BCUT2D eigenvalue weighted by atomic mass is 16.5. The molecule has 14 heavy (non-hydrogen) atoms. The molecule has 0 saturated carbocycles. The summed E-state index contributed by atoms with van der Waals surface area (Å²) >= 11 is 0. The lowest BCUT2D eigenvalue weighted by Gasteiger charge is -1.97. The maximum absolute atomic E-state index is 8.59. The first kappa shape index (κ1) is 8.98. The minimum Gasteiger partial charge on any atom is -0.460 e. The highest BCUT2D eigenvalue weighted by molar-refractivity contribution is 5.56. The van der Waals surface area contributed by atoms with Gasteiger partial charge in [-0.25, -0.2) is 5.48 Å². The summed E-state index contributed by atoms with van der Waals surface area (Å²) in [5.74, 6) is 1.57. The predicted octanol–water partition coefficient (Wildman–Crippen LogP) is 1.46. The molecule has 0 atom stereocenters. The Morgan fingerprint density at radius 1 is 1.57 bits per heavy atom. The van der Waals surface area contributed by atoms with Gasteiger partial charge in [0.15, 0.2) is 5.76 Å². The van der Waals surface area contributed by atoms with E-state index in [1.54, 1.807) is 6.20 Å². The number of hydrogen-bond acceptors (Lipinski definition) is 4. The zero-order chi connectivity index (χ0) is 9.97. The van der Waals surface area contributed by atoms with E-state index in [9.17, 15) is 0 Å². The van der Waals surface area contributed by atoms with E-state index in [4.69, 9.17) is 9.62 Å². The quantitative estimate of drug-likeness (QED) is 0.645. The van der Waals surface area contributed by atoms with E-state index >= 15 is 0 Å². The molecule has 2 heterocycles. The third kappa shape index (κ3) is 1.55. The fourth-order valence-corrected chi connectivity index (χ4v) is 1.31. The average molecular weight is 193 g/mol. The van der Waals surface area contributed by atoms with Crippen LogP contribution >= 0.6 is 0 Å². The van der Waals surface area contributed by atoms with Gasteiger partial charge in [0.1, 0.15) is 11.5 Å². The van der Waals surface area contributed by atoms with Crippen LogP contribution in [0.3, 0.4) is 0 Å². The zero-order valence-corrected chi connectivity index (χ0v) is 7.74. The van der Waals surface area contributed by atoms with Gasteiger partial charge in [0, 0.05) is 12.1 Å². The molecule has 0 spiro atoms. The van der Waals surface area contributed by atoms with Gasteiger partial charge in [0.25, 0.3) is 0 Å². The topological polar surface area (TPSA) is 74.1 Å². The van der Waals surface area contributed by atoms with Crippen molar-refractivity contribution in [2.24, 2.45) is 0 Å². The molecule has 0 aliphatic heterocycles. The van der Waals surface area contributed by atoms with Crippen LogP contribution in [0.25, 0.3) is 11.5 Å². The van der Waals surface area contributed by atoms with Gasteiger partial charge >= 0.3 is 0 Å². The predicted molar refractivity (Wildman–Crippen MR) is 49.7 cm³/mol. The largest absolute Gasteiger partial charge is 0.460 e. The second-order valence-electron chi connectivity index (χ2n) is 3.02. The summed E-state index contributed by atoms with van der Waals surface area (Å²) in [6, 6.07) is 3.75. The van der Waals surface area contributed by atoms with Gasteiger partial charge < -0.3 is 9.62 Å². The lowest BCUT2D eigenvalue weighted by molar-refractivity contribution is 0.161. The Bertz CT molecular complexity index is 419. The zero-order valence-electron chi connectivity index (χ0n) is 7.74. The molecule has 74 valence electrons. The van der Waals surface area contributed by atoms with Crippen molar-refractivity contribution in [2.75, 3.05) is 0 Å². The smallest absolute Gasteiger partial charge is 0.152 e. The van der Waals surface area contributed by atoms with Gasteiger partial charge in [-0.1, -0.05) is 0 Å². The van der Waals surface area contributed by atoms with E-state index in [-0.39, 0.29) is 0 Å². The Morgan fingerprint density at radius 3 is 3.07 bits per heavy atom. The van der Waals surface area contributed by atoms with E-state index in [1.807, 2.05) is 19.1 Å². The van der Waals surface area contributed by atoms with Crippen LogP contribution in [-0.2, 0) is 6.54 Å². The number of hydrogen-bond donors (Lipinski definition) is 3. The molecule has 2 aromatic rings. The van der Waals surface area contributed by atoms with Crippen molar-refractivity contribution in [3.63, 3.8) is 0 Å². The number of aryl methyl sites for hydroxylation is 1. The van der Waals surface area contributed by atoms with Crippen molar-refractivity contribution in [1.29, 1.82) is 0 Å². The Hall–Kier alpha value is -1.59. The minimum absolute atomic E-state index is 0.339. The van der Waals surface area contributed by atoms with Crippen molar-refractivity contribution < 1.29 is 9.62 Å². The van der Waals surface area contributed by atoms with Crippen LogP contribution in [0.2, 0.25) is 0 Å². The number of nitrogens with one attached hydrogen (secondary N) is 2. The molecule has 0 aliphatic rings. The van der Waals surface area contributed by atoms with E-state index < -0.39 is 0 Å². The van der Waals surface area contributed by atoms with Crippen LogP contribution in [-0.4, -0.2) is 15.4 Å². The third-order valence-corrected chi connectivity index (χ3v) is 1.97. The first-order chi connectivity index (χ1) is 6.81. The highest BCUT2D eigenvalue weighted by Crippen LogP contribution is 2.22. The fraction of sp³-hybridized carbons (Fsp3) is 0.222. The number of aromatic nitrogens is 2. The van der Waals surface area contributed by atoms with Crippen LogP contribution in [0.1, 0.15) is 11.3 Å². The maximum Gasteiger partial charge on any atom is 0.152 e. The number of aromatic amines is 1. The van der Waals surface area contributed by atoms with Gasteiger partial charge in [-0.3, -0.25) is 5.10 Å². The van der Waals surface area contributed by atoms with Crippen molar-refractivity contribution in [3.05, 3.63) is 29.7 Å². The van der Waals surface area contributed by atoms with Crippen LogP contribution in [0, 0.1) is 6.92 Å². The van der Waals surface area contributed by atoms with Crippen molar-refractivity contribution in [2.45, 2.75) is 13.5 Å². The normalized spacial score (nSPS) is 10.7. The van der Waals surface area contributed by atoms with Gasteiger partial charge in [0.2, 0.25) is 0 Å². The molecule has 0 aliphatic carbocycles. The first-order valence-electron chi connectivity index (χ1n) is 4.27. The van der Waals surface area contributed by atoms with Crippen molar-refractivity contribution >= 4 is 0 Å². The Labute approximate surface area is 80.7 Å². The first-order valence-corrected chi connectivity index (χ1v) is 4.27. The summed E-state index contributed by atoms with van der Waals surface area (Å²) in [6.07, 6.45) is 1.65. The lowest BCUT2D eigenvalue weighted by Crippen LogP contribution is -2.05. The molecule has 0 aromatic carbocycles. The third-order valence-electron chi connectivity index (χ3n) is 1.97. The second-order valence-corrected chi connectivity index (χ2v) is 3.02. The molecule has 2 rings (SSSR count). The lowest BCUT2D eigenvalue weighted by atomic mass is 10.2. The molecule has 5 heteroatoms. The Morgan fingerprint density at radius 2 is 2.43 bits per heavy atom. The minimum atomic E-state index is 0.339. The molecule has 2 aromatic heterocycles. The monoisotopic (exact) mass is 193 g/mol. The fourth-order valence-electron chi connectivity index (χ4n) is 1.31. The van der Waals surface area contributed by atoms with Crippen LogP contribution in [0.15, 0.2) is 22.7 Å². The Kier molecular flexibility index (Phi) is 2.34. The number of rotatable bonds is 3. The molecular formula is C9H11N3O2. The summed E-state index contributed by atoms with van der Waals surface area (Å²) in [5.41, 5.74) is 3.74. The summed E-state index contributed by atoms with van der Waals surface area (Å²) < 4.78 is 5.43. The van der Waals surface area contributed by atoms with Crippen LogP contribution in [0.5, 0.6) is 0 Å². The standard InChI is InChI=1S/C9H11N3O2/c1-6-2-3-8(14-6)9-7(5-11-13)4-10-12-9/h2-4,11,13H,5H2,1H3,(H,10,12). The van der Waals surface area contributed by atoms with E-state index in [0.717, 1.165) is 22.8 Å². The van der Waals surface area contributed by atoms with Crippen LogP contribution < -0.4 is 5.48 Å². The summed E-state index contributed by atoms with van der Waals surface area (Å²) in [6.45, 7) is 2.22. The highest BCUT2D eigenvalue weighted by Gasteiger charge is 2.09. The van der Waals surface area contributed by atoms with Crippen molar-refractivity contribution in [1.82, 2.24) is 15.7 Å². The molecule has 5 nitrogen and oxygen atoms in total. The number of H-pyrrole nitrogens is 1. The van der Waals surface area contributed by atoms with Gasteiger partial charge in [-0.2, -0.15) is 5.10 Å². The summed E-state index contributed by atoms with van der Waals surface area (Å²) in [5, 5.41) is 15.3. The van der Waals surface area contributed by atoms with E-state index in [0.29, 0.717) is 6.54 Å². The summed E-state index contributed by atoms with van der Waals surface area (Å²) in [4.78, 5) is 0. The Balaban J connectivity index is 2.36. The SMILES string of the molecule is Cc1ccc(-c2[nH]ncc2CNO)o1. The molecule has 0 unspecified atom stereocenters. The van der Waals surface area contributed by atoms with Crippen molar-refractivity contribution in [3.8, 4) is 11.5 Å². The summed E-state index contributed by atoms with van der Waals surface area (Å²) in [7, 11) is 0. The van der Waals surface area contributed by atoms with Crippen LogP contribution in [0.4, 0.5) is 0 Å². The van der Waals surface area contributed by atoms with Gasteiger partial charge in [-0.15, -0.1) is 0 Å². The van der Waals surface area contributed by atoms with Gasteiger partial charge in [-0.05, 0) is 19.1 Å². The molecule has 0 radical (unpaired) electrons. The molecule has 0 saturated heterocycles. The van der Waals surface area contributed by atoms with E-state index in [2.05, 4.69) is 15.7 Å². The maximum atomic E-state index is 8.59.